The van der Waals surface area contributed by atoms with Gasteiger partial charge in [-0.2, -0.15) is 5.10 Å². The van der Waals surface area contributed by atoms with Gasteiger partial charge in [0.25, 0.3) is 0 Å². The van der Waals surface area contributed by atoms with E-state index in [1.165, 1.54) is 5.56 Å². The van der Waals surface area contributed by atoms with E-state index in [0.29, 0.717) is 0 Å². The van der Waals surface area contributed by atoms with Crippen LogP contribution in [0.3, 0.4) is 0 Å². The summed E-state index contributed by atoms with van der Waals surface area (Å²) in [6.07, 6.45) is 1.76. The summed E-state index contributed by atoms with van der Waals surface area (Å²) in [4.78, 5) is 8.78. The summed E-state index contributed by atoms with van der Waals surface area (Å²) in [6.45, 7) is 3.99. The van der Waals surface area contributed by atoms with Crippen molar-refractivity contribution in [3.8, 4) is 0 Å². The van der Waals surface area contributed by atoms with Crippen LogP contribution in [0.2, 0.25) is 0 Å². The zero-order valence-electron chi connectivity index (χ0n) is 11.3. The molecule has 3 aromatic rings. The van der Waals surface area contributed by atoms with Crippen molar-refractivity contribution in [3.05, 3.63) is 53.9 Å². The van der Waals surface area contributed by atoms with Crippen molar-refractivity contribution in [1.29, 1.82) is 0 Å². The molecule has 1 aromatic carbocycles. The number of fused-ring (bicyclic) bond motifs is 1. The summed E-state index contributed by atoms with van der Waals surface area (Å²) in [5, 5.41) is 5.13. The quantitative estimate of drug-likeness (QED) is 0.586. The topological polar surface area (TPSA) is 50.2 Å². The van der Waals surface area contributed by atoms with Crippen molar-refractivity contribution in [2.75, 3.05) is 5.43 Å². The Hall–Kier alpha value is -2.27. The van der Waals surface area contributed by atoms with Crippen LogP contribution in [-0.2, 0) is 0 Å². The molecule has 0 spiro atoms. The van der Waals surface area contributed by atoms with E-state index in [4.69, 9.17) is 0 Å². The van der Waals surface area contributed by atoms with Gasteiger partial charge >= 0.3 is 0 Å². The molecular weight excluding hydrogens is 268 g/mol. The second-order valence-electron chi connectivity index (χ2n) is 4.51. The number of hydrogen-bond acceptors (Lipinski definition) is 5. The van der Waals surface area contributed by atoms with Crippen molar-refractivity contribution in [2.45, 2.75) is 13.8 Å². The van der Waals surface area contributed by atoms with Crippen LogP contribution in [0.25, 0.3) is 10.2 Å². The van der Waals surface area contributed by atoms with E-state index in [-0.39, 0.29) is 0 Å². The van der Waals surface area contributed by atoms with Gasteiger partial charge in [0.1, 0.15) is 0 Å². The monoisotopic (exact) mass is 282 g/mol. The average molecular weight is 282 g/mol. The van der Waals surface area contributed by atoms with E-state index in [9.17, 15) is 0 Å². The van der Waals surface area contributed by atoms with E-state index in [2.05, 4.69) is 45.6 Å². The van der Waals surface area contributed by atoms with Crippen LogP contribution < -0.4 is 5.43 Å². The molecular formula is C15H14N4S. The molecule has 20 heavy (non-hydrogen) atoms. The summed E-state index contributed by atoms with van der Waals surface area (Å²) in [5.41, 5.74) is 6.91. The average Bonchev–Trinajstić information content (AvgIpc) is 2.87. The molecule has 5 heteroatoms. The van der Waals surface area contributed by atoms with Gasteiger partial charge in [0.2, 0.25) is 5.13 Å². The van der Waals surface area contributed by atoms with Crippen molar-refractivity contribution in [1.82, 2.24) is 9.97 Å². The van der Waals surface area contributed by atoms with Gasteiger partial charge in [-0.1, -0.05) is 23.5 Å². The number of rotatable bonds is 3. The fraction of sp³-hybridized carbons (Fsp3) is 0.133. The molecule has 0 atom stereocenters. The summed E-state index contributed by atoms with van der Waals surface area (Å²) in [7, 11) is 0. The van der Waals surface area contributed by atoms with Gasteiger partial charge < -0.3 is 0 Å². The molecule has 0 saturated heterocycles. The SMILES string of the molecule is C/C(=N\Nc1nc2cc(C)ccc2s1)c1ccccn1. The predicted molar refractivity (Wildman–Crippen MR) is 84.4 cm³/mol. The zero-order chi connectivity index (χ0) is 13.9. The van der Waals surface area contributed by atoms with Crippen LogP contribution in [0.1, 0.15) is 18.2 Å². The summed E-state index contributed by atoms with van der Waals surface area (Å²) >= 11 is 1.59. The molecule has 2 heterocycles. The lowest BCUT2D eigenvalue weighted by atomic mass is 10.2. The van der Waals surface area contributed by atoms with Gasteiger partial charge in [0, 0.05) is 6.20 Å². The number of aryl methyl sites for hydroxylation is 1. The summed E-state index contributed by atoms with van der Waals surface area (Å²) in [6, 6.07) is 12.0. The van der Waals surface area contributed by atoms with Gasteiger partial charge in [-0.05, 0) is 43.7 Å². The second-order valence-corrected chi connectivity index (χ2v) is 5.54. The molecule has 0 amide bonds. The van der Waals surface area contributed by atoms with E-state index in [0.717, 1.165) is 26.8 Å². The minimum Gasteiger partial charge on any atom is -0.255 e. The van der Waals surface area contributed by atoms with E-state index >= 15 is 0 Å². The molecule has 2 aromatic heterocycles. The summed E-state index contributed by atoms with van der Waals surface area (Å²) < 4.78 is 1.16. The standard InChI is InChI=1S/C15H14N4S/c1-10-6-7-14-13(9-10)17-15(20-14)19-18-11(2)12-5-3-4-8-16-12/h3-9H,1-2H3,(H,17,19)/b18-11+. The minimum absolute atomic E-state index is 0.792. The lowest BCUT2D eigenvalue weighted by Crippen LogP contribution is -2.01. The van der Waals surface area contributed by atoms with Crippen molar-refractivity contribution in [2.24, 2.45) is 5.10 Å². The smallest absolute Gasteiger partial charge is 0.204 e. The van der Waals surface area contributed by atoms with Crippen LogP contribution in [0.4, 0.5) is 5.13 Å². The first-order chi connectivity index (χ1) is 9.72. The maximum atomic E-state index is 4.52. The lowest BCUT2D eigenvalue weighted by molar-refractivity contribution is 1.24. The maximum Gasteiger partial charge on any atom is 0.204 e. The van der Waals surface area contributed by atoms with Crippen molar-refractivity contribution in [3.63, 3.8) is 0 Å². The van der Waals surface area contributed by atoms with Gasteiger partial charge in [-0.15, -0.1) is 0 Å². The Labute approximate surface area is 121 Å². The first-order valence-electron chi connectivity index (χ1n) is 6.31. The molecule has 0 radical (unpaired) electrons. The Morgan fingerprint density at radius 3 is 2.95 bits per heavy atom. The Morgan fingerprint density at radius 1 is 1.25 bits per heavy atom. The van der Waals surface area contributed by atoms with Crippen LogP contribution in [0, 0.1) is 6.92 Å². The molecule has 0 unspecified atom stereocenters. The minimum atomic E-state index is 0.792. The third-order valence-electron chi connectivity index (χ3n) is 2.90. The third kappa shape index (κ3) is 2.67. The van der Waals surface area contributed by atoms with Crippen LogP contribution in [0.15, 0.2) is 47.7 Å². The molecule has 0 aliphatic heterocycles. The molecule has 0 saturated carbocycles. The highest BCUT2D eigenvalue weighted by Gasteiger charge is 2.03. The van der Waals surface area contributed by atoms with Crippen LogP contribution in [0.5, 0.6) is 0 Å². The lowest BCUT2D eigenvalue weighted by Gasteiger charge is -1.99. The molecule has 0 aliphatic carbocycles. The number of nitrogens with zero attached hydrogens (tertiary/aromatic N) is 3. The third-order valence-corrected chi connectivity index (χ3v) is 3.84. The first kappa shape index (κ1) is 12.7. The number of pyridine rings is 1. The van der Waals surface area contributed by atoms with Gasteiger partial charge in [-0.3, -0.25) is 10.4 Å². The van der Waals surface area contributed by atoms with E-state index in [1.54, 1.807) is 17.5 Å². The molecule has 100 valence electrons. The zero-order valence-corrected chi connectivity index (χ0v) is 12.1. The Kier molecular flexibility index (Phi) is 3.43. The van der Waals surface area contributed by atoms with Crippen LogP contribution >= 0.6 is 11.3 Å². The highest BCUT2D eigenvalue weighted by Crippen LogP contribution is 2.26. The summed E-state index contributed by atoms with van der Waals surface area (Å²) in [5.74, 6) is 0. The van der Waals surface area contributed by atoms with Gasteiger partial charge in [-0.25, -0.2) is 4.98 Å². The van der Waals surface area contributed by atoms with Crippen molar-refractivity contribution >= 4 is 32.4 Å². The number of anilines is 1. The Bertz CT molecular complexity index is 762. The number of hydrazone groups is 1. The highest BCUT2D eigenvalue weighted by molar-refractivity contribution is 7.22. The van der Waals surface area contributed by atoms with Crippen molar-refractivity contribution < 1.29 is 0 Å². The number of thiazole rings is 1. The molecule has 3 rings (SSSR count). The normalized spacial score (nSPS) is 11.8. The molecule has 0 bridgehead atoms. The predicted octanol–water partition coefficient (Wildman–Crippen LogP) is 3.84. The fourth-order valence-electron chi connectivity index (χ4n) is 1.85. The number of nitrogens with one attached hydrogen (secondary N) is 1. The number of aromatic nitrogens is 2. The Morgan fingerprint density at radius 2 is 2.15 bits per heavy atom. The Balaban J connectivity index is 1.83. The van der Waals surface area contributed by atoms with Crippen LogP contribution in [-0.4, -0.2) is 15.7 Å². The van der Waals surface area contributed by atoms with E-state index < -0.39 is 0 Å². The molecule has 0 aliphatic rings. The number of benzene rings is 1. The van der Waals surface area contributed by atoms with Gasteiger partial charge in [0.15, 0.2) is 0 Å². The van der Waals surface area contributed by atoms with E-state index in [1.807, 2.05) is 25.1 Å². The number of hydrogen-bond donors (Lipinski definition) is 1. The second kappa shape index (κ2) is 5.38. The molecule has 0 fully saturated rings. The first-order valence-corrected chi connectivity index (χ1v) is 7.13. The van der Waals surface area contributed by atoms with Gasteiger partial charge in [0.05, 0.1) is 21.6 Å². The largest absolute Gasteiger partial charge is 0.255 e. The molecule has 4 nitrogen and oxygen atoms in total. The molecule has 1 N–H and O–H groups in total. The fourth-order valence-corrected chi connectivity index (χ4v) is 2.64. The maximum absolute atomic E-state index is 4.52. The highest BCUT2D eigenvalue weighted by atomic mass is 32.1.